The number of aliphatic carboxylic acids is 1. The van der Waals surface area contributed by atoms with Gasteiger partial charge in [0.25, 0.3) is 0 Å². The van der Waals surface area contributed by atoms with Crippen LogP contribution in [0.15, 0.2) is 30.3 Å². The van der Waals surface area contributed by atoms with E-state index in [1.165, 1.54) is 0 Å². The van der Waals surface area contributed by atoms with Crippen molar-refractivity contribution < 1.29 is 19.5 Å². The minimum Gasteiger partial charge on any atom is -0.480 e. The van der Waals surface area contributed by atoms with Crippen molar-refractivity contribution >= 4 is 23.6 Å². The van der Waals surface area contributed by atoms with Crippen molar-refractivity contribution in [3.63, 3.8) is 0 Å². The second-order valence-corrected chi connectivity index (χ2v) is 5.26. The van der Waals surface area contributed by atoms with Crippen molar-refractivity contribution in [2.24, 2.45) is 5.92 Å². The van der Waals surface area contributed by atoms with Gasteiger partial charge in [0, 0.05) is 5.69 Å². The molecule has 7 nitrogen and oxygen atoms in total. The van der Waals surface area contributed by atoms with E-state index in [1.54, 1.807) is 24.3 Å². The fourth-order valence-electron chi connectivity index (χ4n) is 1.84. The first-order valence-electron chi connectivity index (χ1n) is 7.00. The fourth-order valence-corrected chi connectivity index (χ4v) is 1.84. The molecule has 0 fully saturated rings. The van der Waals surface area contributed by atoms with E-state index in [0.717, 1.165) is 0 Å². The summed E-state index contributed by atoms with van der Waals surface area (Å²) in [6.45, 7) is 3.35. The molecule has 7 heteroatoms. The molecule has 0 radical (unpaired) electrons. The predicted molar refractivity (Wildman–Crippen MR) is 82.5 cm³/mol. The minimum atomic E-state index is -1.13. The lowest BCUT2D eigenvalue weighted by Crippen LogP contribution is -2.49. The first kappa shape index (κ1) is 17.5. The van der Waals surface area contributed by atoms with Gasteiger partial charge in [-0.3, -0.25) is 9.59 Å². The number of rotatable bonds is 7. The second-order valence-electron chi connectivity index (χ2n) is 5.26. The third-order valence-electron chi connectivity index (χ3n) is 2.77. The standard InChI is InChI=1S/C15H21N3O4/c1-10(2)8-12(14(21)16-9-13(19)20)18-15(22)17-11-6-4-3-5-7-11/h3-7,10,12H,8-9H2,1-2H3,(H,16,21)(H,19,20)(H2,17,18,22)/t12-/m0/s1. The SMILES string of the molecule is CC(C)C[C@H](NC(=O)Nc1ccccc1)C(=O)NCC(=O)O. The summed E-state index contributed by atoms with van der Waals surface area (Å²) in [7, 11) is 0. The van der Waals surface area contributed by atoms with E-state index < -0.39 is 30.5 Å². The van der Waals surface area contributed by atoms with Gasteiger partial charge in [0.15, 0.2) is 0 Å². The Morgan fingerprint density at radius 1 is 1.14 bits per heavy atom. The molecule has 1 rings (SSSR count). The van der Waals surface area contributed by atoms with E-state index in [0.29, 0.717) is 12.1 Å². The molecular formula is C15H21N3O4. The Labute approximate surface area is 129 Å². The molecule has 0 aromatic heterocycles. The Bertz CT molecular complexity index is 517. The fraction of sp³-hybridized carbons (Fsp3) is 0.400. The van der Waals surface area contributed by atoms with Crippen LogP contribution in [0, 0.1) is 5.92 Å². The maximum absolute atomic E-state index is 12.0. The van der Waals surface area contributed by atoms with Gasteiger partial charge in [0.2, 0.25) is 5.91 Å². The lowest BCUT2D eigenvalue weighted by atomic mass is 10.0. The number of urea groups is 1. The molecule has 0 aliphatic rings. The quantitative estimate of drug-likeness (QED) is 0.611. The number of carbonyl (C=O) groups excluding carboxylic acids is 2. The number of amides is 3. The highest BCUT2D eigenvalue weighted by molar-refractivity contribution is 5.94. The Hall–Kier alpha value is -2.57. The molecule has 22 heavy (non-hydrogen) atoms. The molecule has 4 N–H and O–H groups in total. The molecule has 0 saturated heterocycles. The first-order valence-corrected chi connectivity index (χ1v) is 7.00. The van der Waals surface area contributed by atoms with E-state index in [1.807, 2.05) is 19.9 Å². The second kappa shape index (κ2) is 8.66. The van der Waals surface area contributed by atoms with E-state index in [-0.39, 0.29) is 5.92 Å². The van der Waals surface area contributed by atoms with Crippen molar-refractivity contribution in [2.75, 3.05) is 11.9 Å². The maximum atomic E-state index is 12.0. The van der Waals surface area contributed by atoms with Crippen molar-refractivity contribution in [3.05, 3.63) is 30.3 Å². The molecule has 0 aliphatic heterocycles. The number of benzene rings is 1. The number of para-hydroxylation sites is 1. The van der Waals surface area contributed by atoms with Gasteiger partial charge in [-0.15, -0.1) is 0 Å². The molecule has 1 atom stereocenters. The molecule has 3 amide bonds. The zero-order valence-electron chi connectivity index (χ0n) is 12.6. The van der Waals surface area contributed by atoms with Crippen LogP contribution < -0.4 is 16.0 Å². The van der Waals surface area contributed by atoms with Gasteiger partial charge in [-0.1, -0.05) is 32.0 Å². The molecule has 0 bridgehead atoms. The predicted octanol–water partition coefficient (Wildman–Crippen LogP) is 1.42. The van der Waals surface area contributed by atoms with Crippen LogP contribution in [0.25, 0.3) is 0 Å². The molecule has 1 aromatic carbocycles. The van der Waals surface area contributed by atoms with Gasteiger partial charge >= 0.3 is 12.0 Å². The van der Waals surface area contributed by atoms with Gasteiger partial charge in [-0.2, -0.15) is 0 Å². The molecule has 1 aromatic rings. The maximum Gasteiger partial charge on any atom is 0.322 e. The molecule has 0 spiro atoms. The summed E-state index contributed by atoms with van der Waals surface area (Å²) < 4.78 is 0. The smallest absolute Gasteiger partial charge is 0.322 e. The number of nitrogens with one attached hydrogen (secondary N) is 3. The summed E-state index contributed by atoms with van der Waals surface area (Å²) in [6, 6.07) is 7.53. The van der Waals surface area contributed by atoms with Crippen LogP contribution in [0.2, 0.25) is 0 Å². The van der Waals surface area contributed by atoms with Crippen LogP contribution in [0.3, 0.4) is 0 Å². The van der Waals surface area contributed by atoms with Gasteiger partial charge in [-0.25, -0.2) is 4.79 Å². The third kappa shape index (κ3) is 6.74. The average Bonchev–Trinajstić information content (AvgIpc) is 2.44. The molecule has 0 heterocycles. The first-order chi connectivity index (χ1) is 10.4. The normalized spacial score (nSPS) is 11.6. The van der Waals surface area contributed by atoms with Crippen LogP contribution in [-0.2, 0) is 9.59 Å². The van der Waals surface area contributed by atoms with Crippen molar-refractivity contribution in [1.82, 2.24) is 10.6 Å². The molecule has 0 unspecified atom stereocenters. The number of hydrogen-bond acceptors (Lipinski definition) is 3. The Kier molecular flexibility index (Phi) is 6.88. The largest absolute Gasteiger partial charge is 0.480 e. The molecular weight excluding hydrogens is 286 g/mol. The van der Waals surface area contributed by atoms with Crippen LogP contribution in [0.1, 0.15) is 20.3 Å². The summed E-state index contributed by atoms with van der Waals surface area (Å²) in [5.41, 5.74) is 0.606. The lowest BCUT2D eigenvalue weighted by molar-refractivity contribution is -0.138. The van der Waals surface area contributed by atoms with Crippen LogP contribution in [0.4, 0.5) is 10.5 Å². The van der Waals surface area contributed by atoms with Crippen molar-refractivity contribution in [1.29, 1.82) is 0 Å². The highest BCUT2D eigenvalue weighted by atomic mass is 16.4. The van der Waals surface area contributed by atoms with E-state index >= 15 is 0 Å². The van der Waals surface area contributed by atoms with Crippen molar-refractivity contribution in [3.8, 4) is 0 Å². The summed E-state index contributed by atoms with van der Waals surface area (Å²) in [4.78, 5) is 34.4. The number of carboxylic acid groups (broad SMARTS) is 1. The number of anilines is 1. The van der Waals surface area contributed by atoms with E-state index in [2.05, 4.69) is 16.0 Å². The Morgan fingerprint density at radius 2 is 1.77 bits per heavy atom. The monoisotopic (exact) mass is 307 g/mol. The topological polar surface area (TPSA) is 108 Å². The number of carboxylic acids is 1. The number of hydrogen-bond donors (Lipinski definition) is 4. The summed E-state index contributed by atoms with van der Waals surface area (Å²) in [6.07, 6.45) is 0.410. The van der Waals surface area contributed by atoms with E-state index in [4.69, 9.17) is 5.11 Å². The highest BCUT2D eigenvalue weighted by Crippen LogP contribution is 2.07. The summed E-state index contributed by atoms with van der Waals surface area (Å²) in [5.74, 6) is -1.48. The van der Waals surface area contributed by atoms with Gasteiger partial charge < -0.3 is 21.1 Å². The molecule has 0 aliphatic carbocycles. The molecule has 120 valence electrons. The zero-order valence-corrected chi connectivity index (χ0v) is 12.6. The number of carbonyl (C=O) groups is 3. The van der Waals surface area contributed by atoms with Gasteiger partial charge in [0.05, 0.1) is 0 Å². The minimum absolute atomic E-state index is 0.164. The highest BCUT2D eigenvalue weighted by Gasteiger charge is 2.22. The van der Waals surface area contributed by atoms with Crippen molar-refractivity contribution in [2.45, 2.75) is 26.3 Å². The Balaban J connectivity index is 2.61. The lowest BCUT2D eigenvalue weighted by Gasteiger charge is -2.20. The van der Waals surface area contributed by atoms with Gasteiger partial charge in [0.1, 0.15) is 12.6 Å². The Morgan fingerprint density at radius 3 is 2.32 bits per heavy atom. The third-order valence-corrected chi connectivity index (χ3v) is 2.77. The summed E-state index contributed by atoms with van der Waals surface area (Å²) in [5, 5.41) is 16.0. The average molecular weight is 307 g/mol. The van der Waals surface area contributed by atoms with Crippen LogP contribution in [-0.4, -0.2) is 35.6 Å². The zero-order chi connectivity index (χ0) is 16.5. The van der Waals surface area contributed by atoms with Crippen LogP contribution >= 0.6 is 0 Å². The van der Waals surface area contributed by atoms with Crippen LogP contribution in [0.5, 0.6) is 0 Å². The van der Waals surface area contributed by atoms with Gasteiger partial charge in [-0.05, 0) is 24.5 Å². The van der Waals surface area contributed by atoms with E-state index in [9.17, 15) is 14.4 Å². The summed E-state index contributed by atoms with van der Waals surface area (Å²) >= 11 is 0. The molecule has 0 saturated carbocycles.